The van der Waals surface area contributed by atoms with Crippen LogP contribution in [0.2, 0.25) is 0 Å². The van der Waals surface area contributed by atoms with E-state index >= 15 is 0 Å². The minimum atomic E-state index is -0.328. The highest BCUT2D eigenvalue weighted by molar-refractivity contribution is 6.00. The third-order valence-corrected chi connectivity index (χ3v) is 4.86. The van der Waals surface area contributed by atoms with Crippen LogP contribution in [-0.2, 0) is 0 Å². The van der Waals surface area contributed by atoms with E-state index in [4.69, 9.17) is 4.74 Å². The van der Waals surface area contributed by atoms with Gasteiger partial charge in [-0.2, -0.15) is 0 Å². The van der Waals surface area contributed by atoms with Gasteiger partial charge in [0.25, 0.3) is 0 Å². The molecular weight excluding hydrogens is 430 g/mol. The summed E-state index contributed by atoms with van der Waals surface area (Å²) in [6.45, 7) is 3.73. The Hall–Kier alpha value is -4.66. The predicted octanol–water partition coefficient (Wildman–Crippen LogP) is 5.63. The molecule has 2 heterocycles. The van der Waals surface area contributed by atoms with E-state index in [1.807, 2.05) is 62.4 Å². The van der Waals surface area contributed by atoms with Crippen molar-refractivity contribution in [1.82, 2.24) is 15.0 Å². The molecule has 2 amide bonds. The summed E-state index contributed by atoms with van der Waals surface area (Å²) in [6, 6.07) is 19.9. The number of pyridine rings is 1. The number of carbonyl (C=O) groups excluding carboxylic acids is 1. The molecule has 4 N–H and O–H groups in total. The van der Waals surface area contributed by atoms with Crippen LogP contribution in [0.4, 0.5) is 39.3 Å². The highest BCUT2D eigenvalue weighted by atomic mass is 16.5. The van der Waals surface area contributed by atoms with Crippen LogP contribution in [0, 0.1) is 13.8 Å². The number of aromatic nitrogens is 3. The minimum Gasteiger partial charge on any atom is -0.497 e. The Labute approximate surface area is 197 Å². The number of nitrogens with one attached hydrogen (secondary N) is 4. The van der Waals surface area contributed by atoms with Gasteiger partial charge in [0.2, 0.25) is 0 Å². The molecule has 4 rings (SSSR count). The van der Waals surface area contributed by atoms with Crippen molar-refractivity contribution in [3.8, 4) is 5.75 Å². The smallest absolute Gasteiger partial charge is 0.323 e. The Balaban J connectivity index is 1.38. The third-order valence-electron chi connectivity index (χ3n) is 4.86. The summed E-state index contributed by atoms with van der Waals surface area (Å²) in [6.07, 6.45) is 1.71. The van der Waals surface area contributed by atoms with E-state index in [2.05, 4.69) is 36.2 Å². The summed E-state index contributed by atoms with van der Waals surface area (Å²) < 4.78 is 5.20. The van der Waals surface area contributed by atoms with Gasteiger partial charge in [0.05, 0.1) is 7.11 Å². The highest BCUT2D eigenvalue weighted by Gasteiger charge is 2.07. The number of methoxy groups -OCH3 is 1. The second-order valence-electron chi connectivity index (χ2n) is 7.49. The van der Waals surface area contributed by atoms with E-state index in [1.165, 1.54) is 0 Å². The molecule has 0 saturated carbocycles. The molecule has 34 heavy (non-hydrogen) atoms. The summed E-state index contributed by atoms with van der Waals surface area (Å²) in [5, 5.41) is 12.1. The van der Waals surface area contributed by atoms with E-state index in [0.29, 0.717) is 34.7 Å². The SMILES string of the molecule is COc1ccc(NC(=O)Nc2ccc(Nc3cc(Nc4ccccn4)nc(C)n3)cc2)c(C)c1. The number of nitrogens with zero attached hydrogens (tertiary/aromatic N) is 3. The fourth-order valence-electron chi connectivity index (χ4n) is 3.24. The molecule has 4 aromatic rings. The summed E-state index contributed by atoms with van der Waals surface area (Å²) >= 11 is 0. The molecule has 0 unspecified atom stereocenters. The summed E-state index contributed by atoms with van der Waals surface area (Å²) in [7, 11) is 1.61. The second-order valence-corrected chi connectivity index (χ2v) is 7.49. The minimum absolute atomic E-state index is 0.328. The van der Waals surface area contributed by atoms with Crippen LogP contribution in [0.5, 0.6) is 5.75 Å². The first kappa shape index (κ1) is 22.5. The van der Waals surface area contributed by atoms with Crippen molar-refractivity contribution in [1.29, 1.82) is 0 Å². The first-order valence-electron chi connectivity index (χ1n) is 10.6. The average molecular weight is 456 g/mol. The highest BCUT2D eigenvalue weighted by Crippen LogP contribution is 2.23. The quantitative estimate of drug-likeness (QED) is 0.286. The Kier molecular flexibility index (Phi) is 6.83. The fraction of sp³-hybridized carbons (Fsp3) is 0.120. The maximum Gasteiger partial charge on any atom is 0.323 e. The van der Waals surface area contributed by atoms with Crippen LogP contribution in [0.25, 0.3) is 0 Å². The van der Waals surface area contributed by atoms with Crippen molar-refractivity contribution in [2.75, 3.05) is 28.4 Å². The fourth-order valence-corrected chi connectivity index (χ4v) is 3.24. The largest absolute Gasteiger partial charge is 0.497 e. The van der Waals surface area contributed by atoms with E-state index in [0.717, 1.165) is 17.0 Å². The number of hydrogen-bond donors (Lipinski definition) is 4. The molecule has 0 atom stereocenters. The lowest BCUT2D eigenvalue weighted by Crippen LogP contribution is -2.19. The molecule has 0 radical (unpaired) electrons. The molecule has 172 valence electrons. The van der Waals surface area contributed by atoms with E-state index in [-0.39, 0.29) is 6.03 Å². The van der Waals surface area contributed by atoms with Gasteiger partial charge in [0, 0.05) is 29.3 Å². The topological polar surface area (TPSA) is 113 Å². The zero-order chi connectivity index (χ0) is 23.9. The van der Waals surface area contributed by atoms with Gasteiger partial charge in [-0.25, -0.2) is 19.7 Å². The molecule has 0 bridgehead atoms. The first-order chi connectivity index (χ1) is 16.5. The lowest BCUT2D eigenvalue weighted by molar-refractivity contribution is 0.262. The van der Waals surface area contributed by atoms with Crippen molar-refractivity contribution < 1.29 is 9.53 Å². The van der Waals surface area contributed by atoms with Crippen molar-refractivity contribution in [3.63, 3.8) is 0 Å². The van der Waals surface area contributed by atoms with Crippen LogP contribution in [0.1, 0.15) is 11.4 Å². The van der Waals surface area contributed by atoms with Gasteiger partial charge in [-0.05, 0) is 74.0 Å². The Bertz CT molecular complexity index is 1280. The number of aryl methyl sites for hydroxylation is 2. The third kappa shape index (κ3) is 5.98. The number of amides is 2. The summed E-state index contributed by atoms with van der Waals surface area (Å²) in [4.78, 5) is 25.5. The molecule has 0 aliphatic heterocycles. The van der Waals surface area contributed by atoms with E-state index < -0.39 is 0 Å². The predicted molar refractivity (Wildman–Crippen MR) is 134 cm³/mol. The van der Waals surface area contributed by atoms with E-state index in [1.54, 1.807) is 31.5 Å². The molecule has 0 fully saturated rings. The molecular formula is C25H25N7O2. The summed E-state index contributed by atoms with van der Waals surface area (Å²) in [5.41, 5.74) is 3.10. The van der Waals surface area contributed by atoms with Crippen molar-refractivity contribution >= 4 is 40.5 Å². The number of anilines is 6. The molecule has 2 aromatic carbocycles. The summed E-state index contributed by atoms with van der Waals surface area (Å²) in [5.74, 6) is 3.33. The second kappa shape index (κ2) is 10.3. The van der Waals surface area contributed by atoms with Gasteiger partial charge in [0.1, 0.15) is 29.0 Å². The van der Waals surface area contributed by atoms with E-state index in [9.17, 15) is 4.79 Å². The van der Waals surface area contributed by atoms with Crippen molar-refractivity contribution in [3.05, 3.63) is 84.3 Å². The molecule has 9 nitrogen and oxygen atoms in total. The first-order valence-corrected chi connectivity index (χ1v) is 10.6. The van der Waals surface area contributed by atoms with Gasteiger partial charge in [-0.3, -0.25) is 0 Å². The van der Waals surface area contributed by atoms with Gasteiger partial charge >= 0.3 is 6.03 Å². The molecule has 0 aliphatic carbocycles. The average Bonchev–Trinajstić information content (AvgIpc) is 2.82. The van der Waals surface area contributed by atoms with Crippen molar-refractivity contribution in [2.45, 2.75) is 13.8 Å². The Morgan fingerprint density at radius 3 is 2.21 bits per heavy atom. The number of carbonyl (C=O) groups is 1. The van der Waals surface area contributed by atoms with Gasteiger partial charge in [-0.1, -0.05) is 6.07 Å². The normalized spacial score (nSPS) is 10.3. The van der Waals surface area contributed by atoms with Crippen LogP contribution in [0.3, 0.4) is 0 Å². The lowest BCUT2D eigenvalue weighted by Gasteiger charge is -2.12. The number of urea groups is 1. The zero-order valence-corrected chi connectivity index (χ0v) is 19.1. The Morgan fingerprint density at radius 1 is 0.794 bits per heavy atom. The molecule has 0 spiro atoms. The van der Waals surface area contributed by atoms with Gasteiger partial charge in [0.15, 0.2) is 0 Å². The monoisotopic (exact) mass is 455 g/mol. The molecule has 9 heteroatoms. The molecule has 2 aromatic heterocycles. The van der Waals surface area contributed by atoms with Crippen LogP contribution in [0.15, 0.2) is 72.9 Å². The maximum atomic E-state index is 12.4. The number of ether oxygens (including phenoxy) is 1. The standard InChI is InChI=1S/C25H25N7O2/c1-16-14-20(34-3)11-12-21(16)31-25(33)30-19-9-7-18(8-10-19)29-23-15-24(28-17(2)27-23)32-22-6-4-5-13-26-22/h4-15H,1-3H3,(H2,30,31,33)(H2,26,27,28,29,32). The van der Waals surface area contributed by atoms with Crippen LogP contribution >= 0.6 is 0 Å². The number of hydrogen-bond acceptors (Lipinski definition) is 7. The van der Waals surface area contributed by atoms with Gasteiger partial charge in [-0.15, -0.1) is 0 Å². The van der Waals surface area contributed by atoms with Crippen LogP contribution in [-0.4, -0.2) is 28.1 Å². The van der Waals surface area contributed by atoms with Crippen LogP contribution < -0.4 is 26.0 Å². The molecule has 0 aliphatic rings. The zero-order valence-electron chi connectivity index (χ0n) is 19.1. The molecule has 0 saturated heterocycles. The maximum absolute atomic E-state index is 12.4. The van der Waals surface area contributed by atoms with Gasteiger partial charge < -0.3 is 26.0 Å². The number of benzene rings is 2. The Morgan fingerprint density at radius 2 is 1.53 bits per heavy atom. The van der Waals surface area contributed by atoms with Crippen molar-refractivity contribution in [2.24, 2.45) is 0 Å². The lowest BCUT2D eigenvalue weighted by atomic mass is 10.2. The number of rotatable bonds is 7.